The fourth-order valence-corrected chi connectivity index (χ4v) is 1.33. The fraction of sp³-hybridized carbons (Fsp3) is 0.917. The summed E-state index contributed by atoms with van der Waals surface area (Å²) in [5, 5.41) is 5.55. The Bertz CT molecular complexity index is 187. The second-order valence-electron chi connectivity index (χ2n) is 4.42. The molecular weight excluding hydrogens is 218 g/mol. The van der Waals surface area contributed by atoms with E-state index in [-0.39, 0.29) is 6.03 Å². The molecule has 0 aromatic carbocycles. The zero-order valence-electron chi connectivity index (χ0n) is 11.3. The molecule has 0 aromatic heterocycles. The summed E-state index contributed by atoms with van der Waals surface area (Å²) in [4.78, 5) is 16.3. The minimum Gasteiger partial charge on any atom is -0.338 e. The van der Waals surface area contributed by atoms with Crippen LogP contribution in [0.1, 0.15) is 40.0 Å². The lowest BCUT2D eigenvalue weighted by molar-refractivity contribution is 0.0477. The largest absolute Gasteiger partial charge is 0.338 e. The Hall–Kier alpha value is -0.810. The minimum absolute atomic E-state index is 0.116. The number of urea groups is 1. The highest BCUT2D eigenvalue weighted by Gasteiger charge is 1.99. The molecule has 5 nitrogen and oxygen atoms in total. The first-order valence-corrected chi connectivity index (χ1v) is 6.53. The number of nitrogens with one attached hydrogen (secondary N) is 3. The topological polar surface area (TPSA) is 62.4 Å². The summed E-state index contributed by atoms with van der Waals surface area (Å²) in [6.07, 6.45) is 3.43. The van der Waals surface area contributed by atoms with Gasteiger partial charge in [0.15, 0.2) is 0 Å². The summed E-state index contributed by atoms with van der Waals surface area (Å²) in [7, 11) is 0. The van der Waals surface area contributed by atoms with Crippen molar-refractivity contribution in [1.29, 1.82) is 0 Å². The first-order valence-electron chi connectivity index (χ1n) is 6.53. The summed E-state index contributed by atoms with van der Waals surface area (Å²) in [5.41, 5.74) is 2.72. The second-order valence-corrected chi connectivity index (χ2v) is 4.42. The van der Waals surface area contributed by atoms with Crippen LogP contribution in [0.4, 0.5) is 4.79 Å². The lowest BCUT2D eigenvalue weighted by atomic mass is 10.1. The third-order valence-corrected chi connectivity index (χ3v) is 2.23. The first-order chi connectivity index (χ1) is 8.16. The van der Waals surface area contributed by atoms with E-state index in [0.717, 1.165) is 25.4 Å². The molecule has 0 aliphatic carbocycles. The molecule has 0 saturated heterocycles. The van der Waals surface area contributed by atoms with Crippen molar-refractivity contribution in [3.8, 4) is 0 Å². The predicted molar refractivity (Wildman–Crippen MR) is 69.7 cm³/mol. The Morgan fingerprint density at radius 2 is 1.88 bits per heavy atom. The van der Waals surface area contributed by atoms with Crippen molar-refractivity contribution in [1.82, 2.24) is 16.1 Å². The normalized spacial score (nSPS) is 10.6. The van der Waals surface area contributed by atoms with Gasteiger partial charge in [-0.15, -0.1) is 0 Å². The molecular formula is C12H27N3O2. The van der Waals surface area contributed by atoms with E-state index in [9.17, 15) is 4.79 Å². The van der Waals surface area contributed by atoms with Gasteiger partial charge in [0, 0.05) is 19.6 Å². The van der Waals surface area contributed by atoms with Gasteiger partial charge in [0.1, 0.15) is 0 Å². The van der Waals surface area contributed by atoms with Crippen molar-refractivity contribution in [2.75, 3.05) is 26.2 Å². The highest BCUT2D eigenvalue weighted by atomic mass is 16.6. The Labute approximate surface area is 105 Å². The number of rotatable bonds is 10. The molecule has 0 fully saturated rings. The Balaban J connectivity index is 3.18. The predicted octanol–water partition coefficient (Wildman–Crippen LogP) is 1.65. The monoisotopic (exact) mass is 245 g/mol. The quantitative estimate of drug-likeness (QED) is 0.405. The van der Waals surface area contributed by atoms with Gasteiger partial charge in [0.25, 0.3) is 0 Å². The van der Waals surface area contributed by atoms with E-state index < -0.39 is 0 Å². The van der Waals surface area contributed by atoms with Gasteiger partial charge in [-0.25, -0.2) is 10.3 Å². The van der Waals surface area contributed by atoms with Crippen LogP contribution in [0.2, 0.25) is 0 Å². The number of carbonyl (C=O) groups is 1. The summed E-state index contributed by atoms with van der Waals surface area (Å²) in [6.45, 7) is 8.89. The van der Waals surface area contributed by atoms with Crippen LogP contribution < -0.4 is 16.1 Å². The van der Waals surface area contributed by atoms with Crippen LogP contribution in [0.15, 0.2) is 0 Å². The Morgan fingerprint density at radius 3 is 2.53 bits per heavy atom. The maximum atomic E-state index is 11.3. The molecule has 0 spiro atoms. The highest BCUT2D eigenvalue weighted by Crippen LogP contribution is 2.04. The van der Waals surface area contributed by atoms with Crippen LogP contribution >= 0.6 is 0 Å². The minimum atomic E-state index is -0.116. The van der Waals surface area contributed by atoms with Gasteiger partial charge in [-0.05, 0) is 12.3 Å². The van der Waals surface area contributed by atoms with E-state index >= 15 is 0 Å². The molecule has 5 heteroatoms. The van der Waals surface area contributed by atoms with Gasteiger partial charge in [-0.1, -0.05) is 33.6 Å². The average Bonchev–Trinajstić information content (AvgIpc) is 2.28. The van der Waals surface area contributed by atoms with E-state index in [0.29, 0.717) is 13.2 Å². The molecule has 0 aliphatic heterocycles. The number of hydrogen-bond donors (Lipinski definition) is 3. The lowest BCUT2D eigenvalue weighted by Gasteiger charge is -2.08. The number of hydroxylamine groups is 1. The summed E-state index contributed by atoms with van der Waals surface area (Å²) < 4.78 is 0. The van der Waals surface area contributed by atoms with Crippen molar-refractivity contribution in [2.45, 2.75) is 40.0 Å². The van der Waals surface area contributed by atoms with Crippen molar-refractivity contribution in [2.24, 2.45) is 5.92 Å². The molecule has 0 unspecified atom stereocenters. The zero-order valence-corrected chi connectivity index (χ0v) is 11.3. The molecule has 0 radical (unpaired) electrons. The van der Waals surface area contributed by atoms with E-state index in [1.165, 1.54) is 12.8 Å². The van der Waals surface area contributed by atoms with Crippen LogP contribution in [0.25, 0.3) is 0 Å². The molecule has 0 atom stereocenters. The highest BCUT2D eigenvalue weighted by molar-refractivity contribution is 5.73. The number of carbonyl (C=O) groups excluding carboxylic acids is 1. The van der Waals surface area contributed by atoms with Gasteiger partial charge in [0.05, 0.1) is 6.61 Å². The smallest absolute Gasteiger partial charge is 0.314 e. The van der Waals surface area contributed by atoms with E-state index in [1.54, 1.807) is 0 Å². The van der Waals surface area contributed by atoms with Crippen LogP contribution in [0.5, 0.6) is 0 Å². The molecule has 17 heavy (non-hydrogen) atoms. The maximum absolute atomic E-state index is 11.3. The summed E-state index contributed by atoms with van der Waals surface area (Å²) in [6, 6.07) is -0.116. The van der Waals surface area contributed by atoms with Crippen molar-refractivity contribution < 1.29 is 9.63 Å². The molecule has 0 bridgehead atoms. The van der Waals surface area contributed by atoms with Crippen LogP contribution in [0, 0.1) is 5.92 Å². The standard InChI is InChI=1S/C12H27N3O2/c1-4-15-17-10-9-14-12(16)13-8-6-5-7-11(2)3/h11,15H,4-10H2,1-3H3,(H2,13,14,16). The van der Waals surface area contributed by atoms with Crippen LogP contribution in [0.3, 0.4) is 0 Å². The molecule has 2 amide bonds. The van der Waals surface area contributed by atoms with Gasteiger partial charge >= 0.3 is 6.03 Å². The average molecular weight is 245 g/mol. The lowest BCUT2D eigenvalue weighted by Crippen LogP contribution is -2.38. The molecule has 0 aromatic rings. The maximum Gasteiger partial charge on any atom is 0.314 e. The number of unbranched alkanes of at least 4 members (excludes halogenated alkanes) is 1. The fourth-order valence-electron chi connectivity index (χ4n) is 1.33. The van der Waals surface area contributed by atoms with Crippen molar-refractivity contribution in [3.63, 3.8) is 0 Å². The Kier molecular flexibility index (Phi) is 11.1. The molecule has 0 saturated carbocycles. The first kappa shape index (κ1) is 16.2. The van der Waals surface area contributed by atoms with E-state index in [4.69, 9.17) is 4.84 Å². The molecule has 0 rings (SSSR count). The second kappa shape index (κ2) is 11.7. The number of hydrogen-bond acceptors (Lipinski definition) is 3. The summed E-state index contributed by atoms with van der Waals surface area (Å²) in [5.74, 6) is 0.743. The van der Waals surface area contributed by atoms with E-state index in [1.807, 2.05) is 6.92 Å². The van der Waals surface area contributed by atoms with Crippen LogP contribution in [-0.4, -0.2) is 32.3 Å². The third kappa shape index (κ3) is 13.1. The van der Waals surface area contributed by atoms with Gasteiger partial charge < -0.3 is 10.6 Å². The summed E-state index contributed by atoms with van der Waals surface area (Å²) >= 11 is 0. The zero-order chi connectivity index (χ0) is 12.9. The molecule has 102 valence electrons. The third-order valence-electron chi connectivity index (χ3n) is 2.23. The van der Waals surface area contributed by atoms with Gasteiger partial charge in [-0.3, -0.25) is 4.84 Å². The van der Waals surface area contributed by atoms with Crippen molar-refractivity contribution in [3.05, 3.63) is 0 Å². The van der Waals surface area contributed by atoms with Gasteiger partial charge in [-0.2, -0.15) is 0 Å². The molecule has 3 N–H and O–H groups in total. The van der Waals surface area contributed by atoms with Gasteiger partial charge in [0.2, 0.25) is 0 Å². The van der Waals surface area contributed by atoms with E-state index in [2.05, 4.69) is 30.0 Å². The molecule has 0 heterocycles. The Morgan fingerprint density at radius 1 is 1.18 bits per heavy atom. The van der Waals surface area contributed by atoms with Crippen molar-refractivity contribution >= 4 is 6.03 Å². The SMILES string of the molecule is CCNOCCNC(=O)NCCCCC(C)C. The molecule has 0 aliphatic rings. The number of amides is 2. The van der Waals surface area contributed by atoms with Crippen LogP contribution in [-0.2, 0) is 4.84 Å².